The van der Waals surface area contributed by atoms with E-state index in [1.807, 2.05) is 35.2 Å². The van der Waals surface area contributed by atoms with Gasteiger partial charge in [-0.15, -0.1) is 0 Å². The van der Waals surface area contributed by atoms with Gasteiger partial charge >= 0.3 is 0 Å². The summed E-state index contributed by atoms with van der Waals surface area (Å²) in [4.78, 5) is 27.5. The fraction of sp³-hybridized carbons (Fsp3) is 0.619. The van der Waals surface area contributed by atoms with E-state index < -0.39 is 0 Å². The largest absolute Gasteiger partial charge is 0.484 e. The number of amides is 2. The van der Waals surface area contributed by atoms with Crippen molar-refractivity contribution >= 4 is 11.8 Å². The molecule has 1 saturated heterocycles. The van der Waals surface area contributed by atoms with Crippen LogP contribution < -0.4 is 10.1 Å². The SMILES string of the molecule is O=C1NCCCCCCN(C(=O)COc2ccccc2)[C@H]2CCCC[C@@H]12. The first-order valence-electron chi connectivity index (χ1n) is 10.0. The molecule has 1 aliphatic carbocycles. The molecular formula is C21H30N2O3. The Balaban J connectivity index is 1.71. The molecule has 1 aromatic rings. The third kappa shape index (κ3) is 4.99. The second-order valence-electron chi connectivity index (χ2n) is 7.35. The Kier molecular flexibility index (Phi) is 6.92. The summed E-state index contributed by atoms with van der Waals surface area (Å²) in [7, 11) is 0. The molecule has 1 aromatic carbocycles. The summed E-state index contributed by atoms with van der Waals surface area (Å²) in [6.07, 6.45) is 8.14. The lowest BCUT2D eigenvalue weighted by atomic mass is 9.82. The highest BCUT2D eigenvalue weighted by molar-refractivity contribution is 5.82. The second kappa shape index (κ2) is 9.60. The number of ether oxygens (including phenoxy) is 1. The number of para-hydroxylation sites is 1. The summed E-state index contributed by atoms with van der Waals surface area (Å²) in [5.41, 5.74) is 0. The van der Waals surface area contributed by atoms with Gasteiger partial charge in [-0.3, -0.25) is 9.59 Å². The highest BCUT2D eigenvalue weighted by Crippen LogP contribution is 2.30. The second-order valence-corrected chi connectivity index (χ2v) is 7.35. The lowest BCUT2D eigenvalue weighted by Crippen LogP contribution is -2.52. The molecule has 0 bridgehead atoms. The van der Waals surface area contributed by atoms with Crippen LogP contribution in [0.15, 0.2) is 30.3 Å². The number of hydrogen-bond acceptors (Lipinski definition) is 3. The number of nitrogens with zero attached hydrogens (tertiary/aromatic N) is 1. The van der Waals surface area contributed by atoms with E-state index >= 15 is 0 Å². The highest BCUT2D eigenvalue weighted by Gasteiger charge is 2.37. The van der Waals surface area contributed by atoms with Crippen LogP contribution in [0.5, 0.6) is 5.75 Å². The fourth-order valence-electron chi connectivity index (χ4n) is 4.11. The van der Waals surface area contributed by atoms with Crippen molar-refractivity contribution in [1.29, 1.82) is 0 Å². The van der Waals surface area contributed by atoms with Crippen molar-refractivity contribution in [3.8, 4) is 5.75 Å². The van der Waals surface area contributed by atoms with Crippen LogP contribution in [0.4, 0.5) is 0 Å². The van der Waals surface area contributed by atoms with E-state index in [9.17, 15) is 9.59 Å². The molecule has 0 aromatic heterocycles. The van der Waals surface area contributed by atoms with Gasteiger partial charge in [-0.2, -0.15) is 0 Å². The summed E-state index contributed by atoms with van der Waals surface area (Å²) in [5.74, 6) is 0.746. The standard InChI is InChI=1S/C21H30N2O3/c24-20(16-26-17-10-4-3-5-11-17)23-15-9-2-1-8-14-22-21(25)18-12-6-7-13-19(18)23/h3-5,10-11,18-19H,1-2,6-9,12-16H2,(H,22,25)/t18-,19+/m1/s1. The smallest absolute Gasteiger partial charge is 0.260 e. The minimum absolute atomic E-state index is 0.00204. The zero-order valence-corrected chi connectivity index (χ0v) is 15.5. The molecule has 1 N–H and O–H groups in total. The van der Waals surface area contributed by atoms with E-state index in [2.05, 4.69) is 5.32 Å². The first-order valence-corrected chi connectivity index (χ1v) is 10.0. The van der Waals surface area contributed by atoms with Crippen molar-refractivity contribution in [3.05, 3.63) is 30.3 Å². The molecule has 26 heavy (non-hydrogen) atoms. The minimum Gasteiger partial charge on any atom is -0.484 e. The zero-order chi connectivity index (χ0) is 18.2. The molecule has 3 rings (SSSR count). The number of nitrogens with one attached hydrogen (secondary N) is 1. The Labute approximate surface area is 156 Å². The quantitative estimate of drug-likeness (QED) is 0.903. The molecule has 1 heterocycles. The maximum absolute atomic E-state index is 13.0. The van der Waals surface area contributed by atoms with Gasteiger partial charge in [-0.1, -0.05) is 43.9 Å². The summed E-state index contributed by atoms with van der Waals surface area (Å²) in [5, 5.41) is 3.09. The predicted octanol–water partition coefficient (Wildman–Crippen LogP) is 3.14. The Morgan fingerprint density at radius 2 is 1.81 bits per heavy atom. The van der Waals surface area contributed by atoms with Gasteiger partial charge in [-0.25, -0.2) is 0 Å². The number of hydrogen-bond donors (Lipinski definition) is 1. The fourth-order valence-corrected chi connectivity index (χ4v) is 4.11. The van der Waals surface area contributed by atoms with Crippen molar-refractivity contribution in [2.45, 2.75) is 57.4 Å². The Morgan fingerprint density at radius 3 is 2.65 bits per heavy atom. The number of fused-ring (bicyclic) bond motifs is 1. The van der Waals surface area contributed by atoms with Crippen LogP contribution >= 0.6 is 0 Å². The molecular weight excluding hydrogens is 328 g/mol. The molecule has 0 unspecified atom stereocenters. The number of benzene rings is 1. The van der Waals surface area contributed by atoms with Gasteiger partial charge in [0, 0.05) is 19.1 Å². The number of carbonyl (C=O) groups excluding carboxylic acids is 2. The van der Waals surface area contributed by atoms with Crippen molar-refractivity contribution in [2.75, 3.05) is 19.7 Å². The van der Waals surface area contributed by atoms with Crippen molar-refractivity contribution in [2.24, 2.45) is 5.92 Å². The van der Waals surface area contributed by atoms with E-state index in [0.717, 1.165) is 64.5 Å². The molecule has 5 heteroatoms. The Bertz CT molecular complexity index is 590. The molecule has 2 amide bonds. The van der Waals surface area contributed by atoms with Crippen LogP contribution in [0.2, 0.25) is 0 Å². The molecule has 1 saturated carbocycles. The normalized spacial score (nSPS) is 24.8. The lowest BCUT2D eigenvalue weighted by Gasteiger charge is -2.39. The summed E-state index contributed by atoms with van der Waals surface area (Å²) >= 11 is 0. The van der Waals surface area contributed by atoms with Crippen LogP contribution in [0.1, 0.15) is 51.4 Å². The average Bonchev–Trinajstić information content (AvgIpc) is 2.72. The van der Waals surface area contributed by atoms with E-state index in [4.69, 9.17) is 4.74 Å². The number of carbonyl (C=O) groups is 2. The maximum Gasteiger partial charge on any atom is 0.260 e. The van der Waals surface area contributed by atoms with Crippen LogP contribution in [-0.4, -0.2) is 42.5 Å². The third-order valence-corrected chi connectivity index (χ3v) is 5.52. The Morgan fingerprint density at radius 1 is 1.04 bits per heavy atom. The van der Waals surface area contributed by atoms with Gasteiger partial charge < -0.3 is 15.0 Å². The third-order valence-electron chi connectivity index (χ3n) is 5.52. The zero-order valence-electron chi connectivity index (χ0n) is 15.5. The molecule has 5 nitrogen and oxygen atoms in total. The van der Waals surface area contributed by atoms with Gasteiger partial charge in [0.15, 0.2) is 6.61 Å². The van der Waals surface area contributed by atoms with Crippen molar-refractivity contribution < 1.29 is 14.3 Å². The summed E-state index contributed by atoms with van der Waals surface area (Å²) in [6, 6.07) is 9.44. The molecule has 142 valence electrons. The minimum atomic E-state index is -0.0810. The predicted molar refractivity (Wildman–Crippen MR) is 101 cm³/mol. The molecule has 1 aliphatic heterocycles. The van der Waals surface area contributed by atoms with Gasteiger partial charge in [0.2, 0.25) is 5.91 Å². The number of rotatable bonds is 3. The first-order chi connectivity index (χ1) is 12.8. The van der Waals surface area contributed by atoms with Crippen LogP contribution in [-0.2, 0) is 9.59 Å². The van der Waals surface area contributed by atoms with E-state index in [1.165, 1.54) is 0 Å². The van der Waals surface area contributed by atoms with Gasteiger partial charge in [-0.05, 0) is 37.8 Å². The molecule has 2 fully saturated rings. The van der Waals surface area contributed by atoms with E-state index in [0.29, 0.717) is 5.75 Å². The molecule has 0 radical (unpaired) electrons. The van der Waals surface area contributed by atoms with Crippen molar-refractivity contribution in [3.63, 3.8) is 0 Å². The maximum atomic E-state index is 13.0. The highest BCUT2D eigenvalue weighted by atomic mass is 16.5. The van der Waals surface area contributed by atoms with Crippen molar-refractivity contribution in [1.82, 2.24) is 10.2 Å². The van der Waals surface area contributed by atoms with E-state index in [-0.39, 0.29) is 30.4 Å². The van der Waals surface area contributed by atoms with Gasteiger partial charge in [0.25, 0.3) is 5.91 Å². The molecule has 2 atom stereocenters. The molecule has 2 aliphatic rings. The first kappa shape index (κ1) is 18.7. The summed E-state index contributed by atoms with van der Waals surface area (Å²) < 4.78 is 5.69. The average molecular weight is 358 g/mol. The lowest BCUT2D eigenvalue weighted by molar-refractivity contribution is -0.140. The van der Waals surface area contributed by atoms with Crippen LogP contribution in [0, 0.1) is 5.92 Å². The summed E-state index contributed by atoms with van der Waals surface area (Å²) in [6.45, 7) is 1.52. The molecule has 0 spiro atoms. The van der Waals surface area contributed by atoms with Gasteiger partial charge in [0.1, 0.15) is 5.75 Å². The van der Waals surface area contributed by atoms with Crippen LogP contribution in [0.25, 0.3) is 0 Å². The van der Waals surface area contributed by atoms with Gasteiger partial charge in [0.05, 0.1) is 5.92 Å². The monoisotopic (exact) mass is 358 g/mol. The Hall–Kier alpha value is -2.04. The van der Waals surface area contributed by atoms with E-state index in [1.54, 1.807) is 0 Å². The topological polar surface area (TPSA) is 58.6 Å². The van der Waals surface area contributed by atoms with Crippen LogP contribution in [0.3, 0.4) is 0 Å².